The molecule has 0 fully saturated rings. The summed E-state index contributed by atoms with van der Waals surface area (Å²) in [6.45, 7) is 0. The molecule has 3 rings (SSSR count). The van der Waals surface area contributed by atoms with Crippen LogP contribution in [0.5, 0.6) is 0 Å². The first kappa shape index (κ1) is 20.4. The lowest BCUT2D eigenvalue weighted by Gasteiger charge is -2.13. The number of carbonyl (C=O) groups excluding carboxylic acids is 2. The first-order valence-electron chi connectivity index (χ1n) is 8.39. The van der Waals surface area contributed by atoms with E-state index in [9.17, 15) is 22.8 Å². The third kappa shape index (κ3) is 4.94. The molecule has 29 heavy (non-hydrogen) atoms. The van der Waals surface area contributed by atoms with Gasteiger partial charge in [-0.25, -0.2) is 0 Å². The normalized spacial score (nSPS) is 11.0. The number of halogens is 4. The molecule has 0 aliphatic carbocycles. The van der Waals surface area contributed by atoms with Crippen LogP contribution in [0.2, 0.25) is 5.02 Å². The lowest BCUT2D eigenvalue weighted by Crippen LogP contribution is -2.18. The van der Waals surface area contributed by atoms with Gasteiger partial charge in [0.25, 0.3) is 11.8 Å². The van der Waals surface area contributed by atoms with Crippen LogP contribution < -0.4 is 10.6 Å². The second-order valence-electron chi connectivity index (χ2n) is 6.01. The highest BCUT2D eigenvalue weighted by atomic mass is 35.5. The Balaban J connectivity index is 1.83. The van der Waals surface area contributed by atoms with Gasteiger partial charge in [-0.15, -0.1) is 0 Å². The van der Waals surface area contributed by atoms with E-state index in [4.69, 9.17) is 11.6 Å². The highest BCUT2D eigenvalue weighted by Crippen LogP contribution is 2.31. The fourth-order valence-corrected chi connectivity index (χ4v) is 2.82. The smallest absolute Gasteiger partial charge is 0.322 e. The zero-order chi connectivity index (χ0) is 21.0. The average molecular weight is 419 g/mol. The van der Waals surface area contributed by atoms with Gasteiger partial charge in [0.2, 0.25) is 0 Å². The predicted molar refractivity (Wildman–Crippen MR) is 105 cm³/mol. The minimum absolute atomic E-state index is 0.0166. The molecule has 8 heteroatoms. The molecular weight excluding hydrogens is 405 g/mol. The number of nitrogens with one attached hydrogen (secondary N) is 2. The van der Waals surface area contributed by atoms with Crippen LogP contribution in [0.1, 0.15) is 26.3 Å². The zero-order valence-electron chi connectivity index (χ0n) is 14.8. The van der Waals surface area contributed by atoms with Gasteiger partial charge in [0.1, 0.15) is 0 Å². The molecule has 3 aromatic carbocycles. The topological polar surface area (TPSA) is 58.2 Å². The molecule has 0 radical (unpaired) electrons. The van der Waals surface area contributed by atoms with Crippen LogP contribution in [0.4, 0.5) is 24.5 Å². The summed E-state index contributed by atoms with van der Waals surface area (Å²) in [5, 5.41) is 5.27. The number of benzene rings is 3. The SMILES string of the molecule is O=C(Nc1ccccc1C(=O)Nc1cccc(C(F)(F)F)c1)c1ccccc1Cl. The molecule has 148 valence electrons. The predicted octanol–water partition coefficient (Wildman–Crippen LogP) is 5.86. The maximum absolute atomic E-state index is 12.9. The number of anilines is 2. The summed E-state index contributed by atoms with van der Waals surface area (Å²) < 4.78 is 38.6. The van der Waals surface area contributed by atoms with Gasteiger partial charge < -0.3 is 10.6 Å². The number of amides is 2. The summed E-state index contributed by atoms with van der Waals surface area (Å²) in [5.74, 6) is -1.19. The van der Waals surface area contributed by atoms with Crippen LogP contribution in [0.25, 0.3) is 0 Å². The molecule has 0 spiro atoms. The maximum atomic E-state index is 12.9. The first-order valence-corrected chi connectivity index (χ1v) is 8.77. The molecular formula is C21H14ClF3N2O2. The van der Waals surface area contributed by atoms with Crippen LogP contribution >= 0.6 is 11.6 Å². The number of para-hydroxylation sites is 1. The molecule has 0 unspecified atom stereocenters. The second kappa shape index (κ2) is 8.36. The molecule has 4 nitrogen and oxygen atoms in total. The van der Waals surface area contributed by atoms with Gasteiger partial charge >= 0.3 is 6.18 Å². The molecule has 0 aliphatic heterocycles. The first-order chi connectivity index (χ1) is 13.8. The van der Waals surface area contributed by atoms with Crippen molar-refractivity contribution in [3.05, 3.63) is 94.5 Å². The van der Waals surface area contributed by atoms with Crippen LogP contribution in [0, 0.1) is 0 Å². The van der Waals surface area contributed by atoms with E-state index in [1.54, 1.807) is 30.3 Å². The quantitative estimate of drug-likeness (QED) is 0.557. The van der Waals surface area contributed by atoms with Crippen molar-refractivity contribution in [1.29, 1.82) is 0 Å². The molecule has 0 bridgehead atoms. The Hall–Kier alpha value is -3.32. The van der Waals surface area contributed by atoms with Gasteiger partial charge in [-0.05, 0) is 42.5 Å². The van der Waals surface area contributed by atoms with Crippen LogP contribution in [0.3, 0.4) is 0 Å². The lowest BCUT2D eigenvalue weighted by atomic mass is 10.1. The molecule has 0 saturated carbocycles. The highest BCUT2D eigenvalue weighted by molar-refractivity contribution is 6.34. The molecule has 0 atom stereocenters. The Morgan fingerprint density at radius 1 is 0.759 bits per heavy atom. The number of alkyl halides is 3. The summed E-state index contributed by atoms with van der Waals surface area (Å²) in [5.41, 5.74) is -0.387. The van der Waals surface area contributed by atoms with E-state index in [0.717, 1.165) is 12.1 Å². The summed E-state index contributed by atoms with van der Waals surface area (Å²) in [6, 6.07) is 16.8. The fraction of sp³-hybridized carbons (Fsp3) is 0.0476. The van der Waals surface area contributed by atoms with E-state index in [1.807, 2.05) is 0 Å². The van der Waals surface area contributed by atoms with Gasteiger partial charge in [0.05, 0.1) is 27.4 Å². The molecule has 2 amide bonds. The van der Waals surface area contributed by atoms with Crippen molar-refractivity contribution in [2.45, 2.75) is 6.18 Å². The van der Waals surface area contributed by atoms with Crippen molar-refractivity contribution >= 4 is 34.8 Å². The molecule has 3 aromatic rings. The van der Waals surface area contributed by atoms with E-state index < -0.39 is 23.6 Å². The van der Waals surface area contributed by atoms with Gasteiger partial charge in [-0.2, -0.15) is 13.2 Å². The Bertz CT molecular complexity index is 1070. The number of rotatable bonds is 4. The van der Waals surface area contributed by atoms with E-state index in [-0.39, 0.29) is 27.5 Å². The lowest BCUT2D eigenvalue weighted by molar-refractivity contribution is -0.137. The summed E-state index contributed by atoms with van der Waals surface area (Å²) >= 11 is 6.01. The van der Waals surface area contributed by atoms with Gasteiger partial charge in [-0.3, -0.25) is 9.59 Å². The minimum Gasteiger partial charge on any atom is -0.322 e. The van der Waals surface area contributed by atoms with Crippen molar-refractivity contribution in [1.82, 2.24) is 0 Å². The van der Waals surface area contributed by atoms with E-state index in [2.05, 4.69) is 10.6 Å². The summed E-state index contributed by atoms with van der Waals surface area (Å²) in [4.78, 5) is 25.1. The van der Waals surface area contributed by atoms with Gasteiger partial charge in [0, 0.05) is 5.69 Å². The van der Waals surface area contributed by atoms with Crippen molar-refractivity contribution in [2.75, 3.05) is 10.6 Å². The Labute approximate surface area is 169 Å². The maximum Gasteiger partial charge on any atom is 0.416 e. The molecule has 0 aliphatic rings. The molecule has 0 heterocycles. The van der Waals surface area contributed by atoms with Crippen LogP contribution in [-0.2, 0) is 6.18 Å². The molecule has 2 N–H and O–H groups in total. The number of carbonyl (C=O) groups is 2. The fourth-order valence-electron chi connectivity index (χ4n) is 2.60. The average Bonchev–Trinajstić information content (AvgIpc) is 2.68. The van der Waals surface area contributed by atoms with Crippen LogP contribution in [0.15, 0.2) is 72.8 Å². The van der Waals surface area contributed by atoms with Gasteiger partial charge in [0.15, 0.2) is 0 Å². The van der Waals surface area contributed by atoms with Gasteiger partial charge in [-0.1, -0.05) is 41.9 Å². The minimum atomic E-state index is -4.53. The van der Waals surface area contributed by atoms with Crippen molar-refractivity contribution in [2.24, 2.45) is 0 Å². The largest absolute Gasteiger partial charge is 0.416 e. The second-order valence-corrected chi connectivity index (χ2v) is 6.42. The van der Waals surface area contributed by atoms with Crippen molar-refractivity contribution in [3.8, 4) is 0 Å². The molecule has 0 aromatic heterocycles. The van der Waals surface area contributed by atoms with Crippen LogP contribution in [-0.4, -0.2) is 11.8 Å². The third-order valence-electron chi connectivity index (χ3n) is 3.99. The molecule has 0 saturated heterocycles. The number of hydrogen-bond donors (Lipinski definition) is 2. The van der Waals surface area contributed by atoms with E-state index in [0.29, 0.717) is 0 Å². The standard InChI is InChI=1S/C21H14ClF3N2O2/c22-17-10-3-1-8-15(17)19(28)27-18-11-4-2-9-16(18)20(29)26-14-7-5-6-13(12-14)21(23,24)25/h1-12H,(H,26,29)(H,27,28). The zero-order valence-corrected chi connectivity index (χ0v) is 15.5. The summed E-state index contributed by atoms with van der Waals surface area (Å²) in [7, 11) is 0. The Morgan fingerprint density at radius 2 is 1.38 bits per heavy atom. The summed E-state index contributed by atoms with van der Waals surface area (Å²) in [6.07, 6.45) is -4.53. The third-order valence-corrected chi connectivity index (χ3v) is 4.32. The Kier molecular flexibility index (Phi) is 5.89. The monoisotopic (exact) mass is 418 g/mol. The highest BCUT2D eigenvalue weighted by Gasteiger charge is 2.30. The van der Waals surface area contributed by atoms with Crippen molar-refractivity contribution in [3.63, 3.8) is 0 Å². The number of hydrogen-bond acceptors (Lipinski definition) is 2. The Morgan fingerprint density at radius 3 is 2.07 bits per heavy atom. The van der Waals surface area contributed by atoms with E-state index in [1.165, 1.54) is 30.3 Å². The van der Waals surface area contributed by atoms with E-state index >= 15 is 0 Å². The van der Waals surface area contributed by atoms with Crippen molar-refractivity contribution < 1.29 is 22.8 Å².